The van der Waals surface area contributed by atoms with Crippen LogP contribution in [0.15, 0.2) is 29.3 Å². The van der Waals surface area contributed by atoms with Crippen molar-refractivity contribution in [2.45, 2.75) is 59.4 Å². The molecule has 0 aromatic heterocycles. The summed E-state index contributed by atoms with van der Waals surface area (Å²) in [7, 11) is 0. The molecule has 1 amide bonds. The Morgan fingerprint density at radius 1 is 1.20 bits per heavy atom. The molecule has 0 aliphatic carbocycles. The van der Waals surface area contributed by atoms with Crippen molar-refractivity contribution in [3.8, 4) is 0 Å². The van der Waals surface area contributed by atoms with E-state index in [9.17, 15) is 4.79 Å². The minimum absolute atomic E-state index is 0.222. The zero-order valence-corrected chi connectivity index (χ0v) is 19.1. The Labute approximate surface area is 181 Å². The third kappa shape index (κ3) is 5.65. The molecule has 1 unspecified atom stereocenters. The van der Waals surface area contributed by atoms with Crippen LogP contribution in [0.3, 0.4) is 0 Å². The summed E-state index contributed by atoms with van der Waals surface area (Å²) in [5.74, 6) is 0.946. The van der Waals surface area contributed by atoms with Crippen molar-refractivity contribution in [1.29, 1.82) is 0 Å². The van der Waals surface area contributed by atoms with Crippen LogP contribution in [-0.2, 0) is 17.8 Å². The van der Waals surface area contributed by atoms with E-state index >= 15 is 0 Å². The lowest BCUT2D eigenvalue weighted by atomic mass is 10.1. The van der Waals surface area contributed by atoms with Gasteiger partial charge in [0.25, 0.3) is 0 Å². The minimum atomic E-state index is -0.467. The number of guanidine groups is 1. The van der Waals surface area contributed by atoms with Crippen LogP contribution >= 0.6 is 0 Å². The number of rotatable bonds is 6. The van der Waals surface area contributed by atoms with Crippen LogP contribution in [0, 0.1) is 0 Å². The fourth-order valence-corrected chi connectivity index (χ4v) is 3.97. The Hall–Kier alpha value is -2.28. The van der Waals surface area contributed by atoms with E-state index in [4.69, 9.17) is 9.73 Å². The standard InChI is InChI=1S/C23H37N5O2/c1-6-26(7-2)16-19-11-9-8-10-18(19)14-24-21-25-15-20-17-27(12-13-28(20)21)22(29)30-23(3,4)5/h8-11,20H,6-7,12-17H2,1-5H3,(H,24,25). The lowest BCUT2D eigenvalue weighted by Crippen LogP contribution is -2.57. The van der Waals surface area contributed by atoms with Crippen molar-refractivity contribution in [2.75, 3.05) is 39.3 Å². The Bertz CT molecular complexity index is 754. The summed E-state index contributed by atoms with van der Waals surface area (Å²) in [6.45, 7) is 16.7. The molecule has 30 heavy (non-hydrogen) atoms. The number of amides is 1. The maximum absolute atomic E-state index is 12.4. The molecular formula is C23H37N5O2. The first-order valence-electron chi connectivity index (χ1n) is 11.1. The summed E-state index contributed by atoms with van der Waals surface area (Å²) >= 11 is 0. The van der Waals surface area contributed by atoms with Gasteiger partial charge in [0.2, 0.25) is 0 Å². The topological polar surface area (TPSA) is 60.4 Å². The highest BCUT2D eigenvalue weighted by Gasteiger charge is 2.36. The molecule has 2 aliphatic heterocycles. The SMILES string of the molecule is CCN(CC)Cc1ccccc1CNC1=NCC2CN(C(=O)OC(C)(C)C)CCN12. The average Bonchev–Trinajstić information content (AvgIpc) is 3.12. The number of aliphatic imine (C=N–C) groups is 1. The van der Waals surface area contributed by atoms with Gasteiger partial charge in [-0.1, -0.05) is 38.1 Å². The first-order chi connectivity index (χ1) is 14.3. The number of piperazine rings is 1. The third-order valence-corrected chi connectivity index (χ3v) is 5.70. The molecule has 0 spiro atoms. The number of hydrogen-bond donors (Lipinski definition) is 1. The number of carbonyl (C=O) groups excluding carboxylic acids is 1. The predicted octanol–water partition coefficient (Wildman–Crippen LogP) is 2.91. The van der Waals surface area contributed by atoms with Gasteiger partial charge >= 0.3 is 6.09 Å². The molecule has 0 saturated carbocycles. The van der Waals surface area contributed by atoms with Gasteiger partial charge in [-0.25, -0.2) is 4.79 Å². The van der Waals surface area contributed by atoms with E-state index in [0.717, 1.165) is 38.7 Å². The average molecular weight is 416 g/mol. The summed E-state index contributed by atoms with van der Waals surface area (Å²) in [4.78, 5) is 23.7. The van der Waals surface area contributed by atoms with Crippen molar-refractivity contribution < 1.29 is 9.53 Å². The number of nitrogens with zero attached hydrogens (tertiary/aromatic N) is 4. The van der Waals surface area contributed by atoms with E-state index in [-0.39, 0.29) is 12.1 Å². The molecule has 2 heterocycles. The molecule has 1 aromatic carbocycles. The van der Waals surface area contributed by atoms with E-state index in [1.165, 1.54) is 11.1 Å². The van der Waals surface area contributed by atoms with Crippen molar-refractivity contribution in [1.82, 2.24) is 20.0 Å². The van der Waals surface area contributed by atoms with E-state index < -0.39 is 5.60 Å². The van der Waals surface area contributed by atoms with Crippen LogP contribution in [0.1, 0.15) is 45.7 Å². The Morgan fingerprint density at radius 2 is 1.90 bits per heavy atom. The molecule has 1 saturated heterocycles. The van der Waals surface area contributed by atoms with Gasteiger partial charge in [0, 0.05) is 32.7 Å². The number of carbonyl (C=O) groups is 1. The highest BCUT2D eigenvalue weighted by Crippen LogP contribution is 2.19. The first kappa shape index (κ1) is 22.4. The highest BCUT2D eigenvalue weighted by atomic mass is 16.6. The summed E-state index contributed by atoms with van der Waals surface area (Å²) in [6.07, 6.45) is -0.228. The van der Waals surface area contributed by atoms with Crippen LogP contribution in [0.25, 0.3) is 0 Å². The zero-order valence-electron chi connectivity index (χ0n) is 19.1. The number of benzene rings is 1. The fourth-order valence-electron chi connectivity index (χ4n) is 3.97. The zero-order chi connectivity index (χ0) is 21.7. The van der Waals surface area contributed by atoms with Gasteiger partial charge < -0.3 is 19.9 Å². The minimum Gasteiger partial charge on any atom is -0.444 e. The van der Waals surface area contributed by atoms with Crippen LogP contribution in [-0.4, -0.2) is 77.7 Å². The second kappa shape index (κ2) is 9.69. The van der Waals surface area contributed by atoms with Gasteiger partial charge in [0.05, 0.1) is 12.6 Å². The lowest BCUT2D eigenvalue weighted by molar-refractivity contribution is 0.0137. The van der Waals surface area contributed by atoms with Gasteiger partial charge in [0.1, 0.15) is 5.60 Å². The number of fused-ring (bicyclic) bond motifs is 1. The fraction of sp³-hybridized carbons (Fsp3) is 0.652. The molecular weight excluding hydrogens is 378 g/mol. The Morgan fingerprint density at radius 3 is 2.57 bits per heavy atom. The maximum Gasteiger partial charge on any atom is 0.410 e. The monoisotopic (exact) mass is 415 g/mol. The number of hydrogen-bond acceptors (Lipinski definition) is 6. The predicted molar refractivity (Wildman–Crippen MR) is 121 cm³/mol. The van der Waals surface area contributed by atoms with Crippen molar-refractivity contribution in [2.24, 2.45) is 4.99 Å². The van der Waals surface area contributed by atoms with Crippen LogP contribution < -0.4 is 5.32 Å². The molecule has 1 N–H and O–H groups in total. The normalized spacial score (nSPS) is 19.0. The summed E-state index contributed by atoms with van der Waals surface area (Å²) in [5, 5.41) is 3.55. The second-order valence-corrected chi connectivity index (χ2v) is 9.02. The second-order valence-electron chi connectivity index (χ2n) is 9.02. The van der Waals surface area contributed by atoms with E-state index in [1.54, 1.807) is 0 Å². The summed E-state index contributed by atoms with van der Waals surface area (Å²) in [5.41, 5.74) is 2.20. The molecule has 1 fully saturated rings. The van der Waals surface area contributed by atoms with E-state index in [2.05, 4.69) is 53.2 Å². The number of nitrogens with one attached hydrogen (secondary N) is 1. The van der Waals surface area contributed by atoms with E-state index in [1.807, 2.05) is 25.7 Å². The highest BCUT2D eigenvalue weighted by molar-refractivity contribution is 5.82. The summed E-state index contributed by atoms with van der Waals surface area (Å²) < 4.78 is 5.53. The van der Waals surface area contributed by atoms with Crippen LogP contribution in [0.4, 0.5) is 4.79 Å². The van der Waals surface area contributed by atoms with Gasteiger partial charge in [-0.2, -0.15) is 0 Å². The molecule has 0 radical (unpaired) electrons. The molecule has 2 aliphatic rings. The smallest absolute Gasteiger partial charge is 0.410 e. The molecule has 3 rings (SSSR count). The quantitative estimate of drug-likeness (QED) is 0.774. The maximum atomic E-state index is 12.4. The first-order valence-corrected chi connectivity index (χ1v) is 11.1. The van der Waals surface area contributed by atoms with Gasteiger partial charge in [0.15, 0.2) is 5.96 Å². The molecule has 1 aromatic rings. The number of ether oxygens (including phenoxy) is 1. The molecule has 166 valence electrons. The largest absolute Gasteiger partial charge is 0.444 e. The van der Waals surface area contributed by atoms with Crippen LogP contribution in [0.5, 0.6) is 0 Å². The molecule has 0 bridgehead atoms. The molecule has 1 atom stereocenters. The van der Waals surface area contributed by atoms with Gasteiger partial charge in [-0.05, 0) is 45.0 Å². The summed E-state index contributed by atoms with van der Waals surface area (Å²) in [6, 6.07) is 8.84. The van der Waals surface area contributed by atoms with Crippen LogP contribution in [0.2, 0.25) is 0 Å². The van der Waals surface area contributed by atoms with E-state index in [0.29, 0.717) is 19.6 Å². The van der Waals surface area contributed by atoms with Crippen molar-refractivity contribution >= 4 is 12.1 Å². The van der Waals surface area contributed by atoms with Gasteiger partial charge in [-0.3, -0.25) is 9.89 Å². The van der Waals surface area contributed by atoms with Crippen molar-refractivity contribution in [3.05, 3.63) is 35.4 Å². The Balaban J connectivity index is 1.55. The third-order valence-electron chi connectivity index (χ3n) is 5.70. The Kier molecular flexibility index (Phi) is 7.23. The molecule has 7 heteroatoms. The van der Waals surface area contributed by atoms with Crippen molar-refractivity contribution in [3.63, 3.8) is 0 Å². The van der Waals surface area contributed by atoms with Gasteiger partial charge in [-0.15, -0.1) is 0 Å². The molecule has 7 nitrogen and oxygen atoms in total. The lowest BCUT2D eigenvalue weighted by Gasteiger charge is -2.39.